The Hall–Kier alpha value is -2.53. The largest absolute Gasteiger partial charge is 0.496 e. The van der Waals surface area contributed by atoms with Crippen LogP contribution in [0.5, 0.6) is 11.5 Å². The van der Waals surface area contributed by atoms with E-state index >= 15 is 0 Å². The molecule has 0 radical (unpaired) electrons. The number of hydrogen-bond acceptors (Lipinski definition) is 5. The Morgan fingerprint density at radius 1 is 1.00 bits per heavy atom. The van der Waals surface area contributed by atoms with Crippen LogP contribution in [0, 0.1) is 0 Å². The first-order valence-corrected chi connectivity index (χ1v) is 7.31. The third-order valence-corrected chi connectivity index (χ3v) is 3.19. The zero-order valence-corrected chi connectivity index (χ0v) is 13.1. The summed E-state index contributed by atoms with van der Waals surface area (Å²) >= 11 is 0. The SMILES string of the molecule is C=CC(=O)OCCOCCOc1cccc2c(OC)cccc12. The van der Waals surface area contributed by atoms with Crippen LogP contribution in [0.4, 0.5) is 0 Å². The van der Waals surface area contributed by atoms with Gasteiger partial charge in [-0.2, -0.15) is 0 Å². The maximum absolute atomic E-state index is 10.8. The Morgan fingerprint density at radius 2 is 1.65 bits per heavy atom. The van der Waals surface area contributed by atoms with Gasteiger partial charge in [-0.25, -0.2) is 4.79 Å². The van der Waals surface area contributed by atoms with Crippen LogP contribution in [0.15, 0.2) is 49.1 Å². The van der Waals surface area contributed by atoms with Gasteiger partial charge >= 0.3 is 5.97 Å². The third-order valence-electron chi connectivity index (χ3n) is 3.19. The lowest BCUT2D eigenvalue weighted by atomic mass is 10.1. The maximum atomic E-state index is 10.8. The number of methoxy groups -OCH3 is 1. The van der Waals surface area contributed by atoms with E-state index in [0.717, 1.165) is 28.3 Å². The maximum Gasteiger partial charge on any atom is 0.330 e. The predicted octanol–water partition coefficient (Wildman–Crippen LogP) is 2.97. The molecule has 0 aliphatic carbocycles. The Balaban J connectivity index is 1.81. The lowest BCUT2D eigenvalue weighted by Crippen LogP contribution is -2.12. The number of hydrogen-bond donors (Lipinski definition) is 0. The number of carbonyl (C=O) groups is 1. The molecule has 0 saturated carbocycles. The second-order valence-corrected chi connectivity index (χ2v) is 4.64. The molecule has 0 saturated heterocycles. The topological polar surface area (TPSA) is 54.0 Å². The van der Waals surface area contributed by atoms with E-state index in [2.05, 4.69) is 6.58 Å². The highest BCUT2D eigenvalue weighted by Crippen LogP contribution is 2.31. The van der Waals surface area contributed by atoms with Gasteiger partial charge in [-0.05, 0) is 12.1 Å². The minimum atomic E-state index is -0.449. The quantitative estimate of drug-likeness (QED) is 0.404. The zero-order chi connectivity index (χ0) is 16.5. The van der Waals surface area contributed by atoms with E-state index in [9.17, 15) is 4.79 Å². The summed E-state index contributed by atoms with van der Waals surface area (Å²) in [4.78, 5) is 10.8. The first-order valence-electron chi connectivity index (χ1n) is 7.31. The monoisotopic (exact) mass is 316 g/mol. The molecule has 2 aromatic rings. The molecule has 122 valence electrons. The van der Waals surface area contributed by atoms with Gasteiger partial charge in [0.15, 0.2) is 0 Å². The Bertz CT molecular complexity index is 666. The van der Waals surface area contributed by atoms with E-state index < -0.39 is 5.97 Å². The predicted molar refractivity (Wildman–Crippen MR) is 88.0 cm³/mol. The minimum absolute atomic E-state index is 0.205. The van der Waals surface area contributed by atoms with Crippen LogP contribution in [0.1, 0.15) is 0 Å². The summed E-state index contributed by atoms with van der Waals surface area (Å²) in [6.45, 7) is 4.66. The molecule has 5 nitrogen and oxygen atoms in total. The molecule has 0 amide bonds. The van der Waals surface area contributed by atoms with Gasteiger partial charge in [0.1, 0.15) is 24.7 Å². The summed E-state index contributed by atoms with van der Waals surface area (Å²) < 4.78 is 21.3. The summed E-state index contributed by atoms with van der Waals surface area (Å²) in [5, 5.41) is 2.00. The summed E-state index contributed by atoms with van der Waals surface area (Å²) in [7, 11) is 1.65. The number of benzene rings is 2. The van der Waals surface area contributed by atoms with Crippen LogP contribution in [0.3, 0.4) is 0 Å². The fraction of sp³-hybridized carbons (Fsp3) is 0.278. The molecule has 0 unspecified atom stereocenters. The van der Waals surface area contributed by atoms with E-state index in [1.165, 1.54) is 0 Å². The molecule has 0 aromatic heterocycles. The zero-order valence-electron chi connectivity index (χ0n) is 13.1. The van der Waals surface area contributed by atoms with Crippen molar-refractivity contribution in [2.75, 3.05) is 33.5 Å². The smallest absolute Gasteiger partial charge is 0.330 e. The molecule has 0 heterocycles. The molecule has 0 N–H and O–H groups in total. The van der Waals surface area contributed by atoms with E-state index in [1.807, 2.05) is 36.4 Å². The first kappa shape index (κ1) is 16.8. The van der Waals surface area contributed by atoms with Crippen molar-refractivity contribution in [3.05, 3.63) is 49.1 Å². The number of carbonyl (C=O) groups excluding carboxylic acids is 1. The van der Waals surface area contributed by atoms with E-state index in [-0.39, 0.29) is 6.61 Å². The molecular weight excluding hydrogens is 296 g/mol. The van der Waals surface area contributed by atoms with Crippen molar-refractivity contribution in [1.29, 1.82) is 0 Å². The van der Waals surface area contributed by atoms with Crippen LogP contribution in [-0.2, 0) is 14.3 Å². The average molecular weight is 316 g/mol. The highest BCUT2D eigenvalue weighted by molar-refractivity contribution is 5.93. The number of esters is 1. The normalized spacial score (nSPS) is 10.3. The Kier molecular flexibility index (Phi) is 6.44. The van der Waals surface area contributed by atoms with Crippen molar-refractivity contribution in [3.63, 3.8) is 0 Å². The molecule has 0 bridgehead atoms. The van der Waals surface area contributed by atoms with Crippen molar-refractivity contribution in [2.24, 2.45) is 0 Å². The Morgan fingerprint density at radius 3 is 2.35 bits per heavy atom. The highest BCUT2D eigenvalue weighted by Gasteiger charge is 2.05. The van der Waals surface area contributed by atoms with Crippen molar-refractivity contribution in [1.82, 2.24) is 0 Å². The lowest BCUT2D eigenvalue weighted by molar-refractivity contribution is -0.139. The molecule has 23 heavy (non-hydrogen) atoms. The van der Waals surface area contributed by atoms with Crippen molar-refractivity contribution < 1.29 is 23.7 Å². The van der Waals surface area contributed by atoms with Crippen molar-refractivity contribution in [2.45, 2.75) is 0 Å². The Labute approximate surface area is 135 Å². The van der Waals surface area contributed by atoms with E-state index in [0.29, 0.717) is 19.8 Å². The van der Waals surface area contributed by atoms with Crippen LogP contribution < -0.4 is 9.47 Å². The third kappa shape index (κ3) is 4.72. The van der Waals surface area contributed by atoms with E-state index in [4.69, 9.17) is 18.9 Å². The molecule has 0 spiro atoms. The second-order valence-electron chi connectivity index (χ2n) is 4.64. The molecule has 0 aliphatic heterocycles. The van der Waals surface area contributed by atoms with Gasteiger partial charge < -0.3 is 18.9 Å². The number of rotatable bonds is 9. The van der Waals surface area contributed by atoms with Crippen molar-refractivity contribution in [3.8, 4) is 11.5 Å². The summed E-state index contributed by atoms with van der Waals surface area (Å²) in [6, 6.07) is 11.7. The van der Waals surface area contributed by atoms with Gasteiger partial charge in [-0.15, -0.1) is 0 Å². The molecular formula is C18H20O5. The van der Waals surface area contributed by atoms with Gasteiger partial charge in [-0.3, -0.25) is 0 Å². The van der Waals surface area contributed by atoms with Crippen LogP contribution >= 0.6 is 0 Å². The standard InChI is InChI=1S/C18H20O5/c1-3-18(19)23-13-11-21-10-12-22-17-9-5-6-14-15(17)7-4-8-16(14)20-2/h3-9H,1,10-13H2,2H3. The van der Waals surface area contributed by atoms with Crippen LogP contribution in [0.2, 0.25) is 0 Å². The van der Waals surface area contributed by atoms with Gasteiger partial charge in [-0.1, -0.05) is 30.8 Å². The molecule has 0 atom stereocenters. The first-order chi connectivity index (χ1) is 11.3. The van der Waals surface area contributed by atoms with Gasteiger partial charge in [0.05, 0.1) is 20.3 Å². The van der Waals surface area contributed by atoms with Gasteiger partial charge in [0.25, 0.3) is 0 Å². The highest BCUT2D eigenvalue weighted by atomic mass is 16.6. The van der Waals surface area contributed by atoms with Gasteiger partial charge in [0.2, 0.25) is 0 Å². The van der Waals surface area contributed by atoms with Crippen LogP contribution in [0.25, 0.3) is 10.8 Å². The molecule has 0 fully saturated rings. The molecule has 0 aliphatic rings. The van der Waals surface area contributed by atoms with E-state index in [1.54, 1.807) is 7.11 Å². The number of fused-ring (bicyclic) bond motifs is 1. The summed E-state index contributed by atoms with van der Waals surface area (Å²) in [6.07, 6.45) is 1.12. The summed E-state index contributed by atoms with van der Waals surface area (Å²) in [5.41, 5.74) is 0. The fourth-order valence-electron chi connectivity index (χ4n) is 2.13. The summed E-state index contributed by atoms with van der Waals surface area (Å²) in [5.74, 6) is 1.14. The lowest BCUT2D eigenvalue weighted by Gasteiger charge is -2.11. The second kappa shape index (κ2) is 8.80. The fourth-order valence-corrected chi connectivity index (χ4v) is 2.13. The van der Waals surface area contributed by atoms with Gasteiger partial charge in [0, 0.05) is 16.8 Å². The number of ether oxygens (including phenoxy) is 4. The molecule has 2 rings (SSSR count). The molecule has 5 heteroatoms. The van der Waals surface area contributed by atoms with Crippen molar-refractivity contribution >= 4 is 16.7 Å². The average Bonchev–Trinajstić information content (AvgIpc) is 2.60. The van der Waals surface area contributed by atoms with Crippen LogP contribution in [-0.4, -0.2) is 39.5 Å². The molecule has 2 aromatic carbocycles. The minimum Gasteiger partial charge on any atom is -0.496 e.